The van der Waals surface area contributed by atoms with Gasteiger partial charge >= 0.3 is 0 Å². The van der Waals surface area contributed by atoms with Crippen LogP contribution in [0.4, 0.5) is 0 Å². The molecule has 0 aliphatic carbocycles. The van der Waals surface area contributed by atoms with Crippen molar-refractivity contribution in [1.29, 1.82) is 0 Å². The fraction of sp³-hybridized carbons (Fsp3) is 0.300. The van der Waals surface area contributed by atoms with Gasteiger partial charge in [0, 0.05) is 39.4 Å². The zero-order chi connectivity index (χ0) is 26.0. The van der Waals surface area contributed by atoms with E-state index >= 15 is 0 Å². The smallest absolute Gasteiger partial charge is 0.222 e. The van der Waals surface area contributed by atoms with E-state index in [1.54, 1.807) is 18.9 Å². The second-order valence-corrected chi connectivity index (χ2v) is 8.95. The summed E-state index contributed by atoms with van der Waals surface area (Å²) in [6, 6.07) is 27.7. The Morgan fingerprint density at radius 1 is 0.892 bits per heavy atom. The number of nitrogens with zero attached hydrogens (tertiary/aromatic N) is 3. The molecule has 0 radical (unpaired) electrons. The maximum atomic E-state index is 11.0. The SMILES string of the molecule is COCCN(Cc1c(-c2ccccc2)nn(C)c1Oc1ccccc1OC)C[C@H](O)Cc1ccccc1. The van der Waals surface area contributed by atoms with Crippen LogP contribution in [0.3, 0.4) is 0 Å². The fourth-order valence-corrected chi connectivity index (χ4v) is 4.39. The molecule has 0 amide bonds. The average Bonchev–Trinajstić information content (AvgIpc) is 3.23. The van der Waals surface area contributed by atoms with Gasteiger partial charge in [0.25, 0.3) is 0 Å². The van der Waals surface area contributed by atoms with E-state index in [-0.39, 0.29) is 0 Å². The molecule has 194 valence electrons. The number of methoxy groups -OCH3 is 2. The van der Waals surface area contributed by atoms with E-state index in [0.717, 1.165) is 22.4 Å². The van der Waals surface area contributed by atoms with E-state index < -0.39 is 6.10 Å². The van der Waals surface area contributed by atoms with E-state index in [4.69, 9.17) is 19.3 Å². The first-order valence-electron chi connectivity index (χ1n) is 12.4. The maximum absolute atomic E-state index is 11.0. The number of hydrogen-bond acceptors (Lipinski definition) is 6. The molecule has 1 N–H and O–H groups in total. The normalized spacial score (nSPS) is 12.0. The predicted octanol–water partition coefficient (Wildman–Crippen LogP) is 4.94. The Morgan fingerprint density at radius 2 is 1.54 bits per heavy atom. The lowest BCUT2D eigenvalue weighted by molar-refractivity contribution is 0.0848. The summed E-state index contributed by atoms with van der Waals surface area (Å²) in [5, 5.41) is 15.8. The molecule has 0 saturated heterocycles. The van der Waals surface area contributed by atoms with E-state index in [1.165, 1.54) is 0 Å². The maximum Gasteiger partial charge on any atom is 0.222 e. The van der Waals surface area contributed by atoms with Gasteiger partial charge in [-0.1, -0.05) is 72.8 Å². The summed E-state index contributed by atoms with van der Waals surface area (Å²) >= 11 is 0. The van der Waals surface area contributed by atoms with E-state index in [1.807, 2.05) is 92.0 Å². The first-order chi connectivity index (χ1) is 18.1. The van der Waals surface area contributed by atoms with Crippen LogP contribution in [0.15, 0.2) is 84.9 Å². The third-order valence-corrected chi connectivity index (χ3v) is 6.19. The third-order valence-electron chi connectivity index (χ3n) is 6.19. The lowest BCUT2D eigenvalue weighted by atomic mass is 10.1. The van der Waals surface area contributed by atoms with Gasteiger partial charge in [-0.05, 0) is 24.1 Å². The molecule has 0 spiro atoms. The van der Waals surface area contributed by atoms with Crippen molar-refractivity contribution in [2.45, 2.75) is 19.1 Å². The Hall–Kier alpha value is -3.65. The number of hydrogen-bond donors (Lipinski definition) is 1. The molecule has 1 aromatic heterocycles. The number of aryl methyl sites for hydroxylation is 1. The minimum Gasteiger partial charge on any atom is -0.493 e. The molecule has 0 saturated carbocycles. The van der Waals surface area contributed by atoms with Gasteiger partial charge in [0.05, 0.1) is 25.4 Å². The first-order valence-corrected chi connectivity index (χ1v) is 12.4. The van der Waals surface area contributed by atoms with Gasteiger partial charge in [-0.2, -0.15) is 5.10 Å². The molecular weight excluding hydrogens is 466 g/mol. The molecule has 1 atom stereocenters. The lowest BCUT2D eigenvalue weighted by Crippen LogP contribution is -2.35. The number of aromatic nitrogens is 2. The van der Waals surface area contributed by atoms with Crippen LogP contribution in [0.1, 0.15) is 11.1 Å². The summed E-state index contributed by atoms with van der Waals surface area (Å²) in [6.07, 6.45) is 0.0442. The zero-order valence-corrected chi connectivity index (χ0v) is 21.7. The van der Waals surface area contributed by atoms with Crippen LogP contribution in [0.25, 0.3) is 11.3 Å². The Labute approximate surface area is 218 Å². The molecule has 0 fully saturated rings. The number of aliphatic hydroxyl groups is 1. The third kappa shape index (κ3) is 6.98. The van der Waals surface area contributed by atoms with Crippen molar-refractivity contribution < 1.29 is 19.3 Å². The Bertz CT molecular complexity index is 1240. The molecule has 0 unspecified atom stereocenters. The quantitative estimate of drug-likeness (QED) is 0.280. The van der Waals surface area contributed by atoms with Crippen LogP contribution in [-0.2, 0) is 24.8 Å². The molecular formula is C30H35N3O4. The van der Waals surface area contributed by atoms with Crippen LogP contribution in [0.5, 0.6) is 17.4 Å². The highest BCUT2D eigenvalue weighted by atomic mass is 16.5. The summed E-state index contributed by atoms with van der Waals surface area (Å²) in [5.41, 5.74) is 3.88. The predicted molar refractivity (Wildman–Crippen MR) is 145 cm³/mol. The van der Waals surface area contributed by atoms with Gasteiger partial charge < -0.3 is 19.3 Å². The van der Waals surface area contributed by atoms with Crippen molar-refractivity contribution in [3.05, 3.63) is 96.1 Å². The monoisotopic (exact) mass is 501 g/mol. The van der Waals surface area contributed by atoms with Crippen molar-refractivity contribution in [2.75, 3.05) is 33.9 Å². The molecule has 4 rings (SSSR count). The first kappa shape index (κ1) is 26.4. The van der Waals surface area contributed by atoms with Crippen LogP contribution < -0.4 is 9.47 Å². The van der Waals surface area contributed by atoms with E-state index in [9.17, 15) is 5.11 Å². The number of benzene rings is 3. The van der Waals surface area contributed by atoms with E-state index in [2.05, 4.69) is 4.90 Å². The standard InChI is InChI=1S/C30H35N3O4/c1-32-30(37-28-17-11-10-16-27(28)36-3)26(29(31-32)24-14-8-5-9-15-24)22-33(18-19-35-2)21-25(34)20-23-12-6-4-7-13-23/h4-17,25,34H,18-22H2,1-3H3/t25-/m1/s1. The number of ether oxygens (including phenoxy) is 3. The van der Waals surface area contributed by atoms with Crippen LogP contribution in [0, 0.1) is 0 Å². The largest absolute Gasteiger partial charge is 0.493 e. The van der Waals surface area contributed by atoms with Crippen LogP contribution in [0.2, 0.25) is 0 Å². The molecule has 1 heterocycles. The highest BCUT2D eigenvalue weighted by molar-refractivity contribution is 5.66. The highest BCUT2D eigenvalue weighted by Crippen LogP contribution is 2.37. The number of rotatable bonds is 13. The molecule has 4 aromatic rings. The molecule has 7 nitrogen and oxygen atoms in total. The van der Waals surface area contributed by atoms with Crippen molar-refractivity contribution >= 4 is 0 Å². The molecule has 3 aromatic carbocycles. The summed E-state index contributed by atoms with van der Waals surface area (Å²) in [4.78, 5) is 2.19. The topological polar surface area (TPSA) is 69.0 Å². The van der Waals surface area contributed by atoms with Gasteiger partial charge in [0.15, 0.2) is 11.5 Å². The molecule has 0 aliphatic rings. The second-order valence-electron chi connectivity index (χ2n) is 8.95. The Balaban J connectivity index is 1.66. The molecule has 37 heavy (non-hydrogen) atoms. The van der Waals surface area contributed by atoms with Gasteiger partial charge in [0.1, 0.15) is 5.69 Å². The van der Waals surface area contributed by atoms with Crippen LogP contribution >= 0.6 is 0 Å². The minimum absolute atomic E-state index is 0.482. The van der Waals surface area contributed by atoms with Gasteiger partial charge in [-0.25, -0.2) is 4.68 Å². The summed E-state index contributed by atoms with van der Waals surface area (Å²) in [5.74, 6) is 1.88. The zero-order valence-electron chi connectivity index (χ0n) is 21.7. The molecule has 0 aliphatic heterocycles. The van der Waals surface area contributed by atoms with Crippen molar-refractivity contribution in [3.63, 3.8) is 0 Å². The number of aliphatic hydroxyl groups excluding tert-OH is 1. The molecule has 7 heteroatoms. The van der Waals surface area contributed by atoms with Gasteiger partial charge in [-0.15, -0.1) is 0 Å². The fourth-order valence-electron chi connectivity index (χ4n) is 4.39. The van der Waals surface area contributed by atoms with Crippen molar-refractivity contribution in [2.24, 2.45) is 7.05 Å². The summed E-state index contributed by atoms with van der Waals surface area (Å²) in [7, 11) is 5.20. The Kier molecular flexibility index (Phi) is 9.32. The molecule has 0 bridgehead atoms. The lowest BCUT2D eigenvalue weighted by Gasteiger charge is -2.25. The summed E-state index contributed by atoms with van der Waals surface area (Å²) < 4.78 is 19.1. The van der Waals surface area contributed by atoms with Gasteiger partial charge in [-0.3, -0.25) is 4.90 Å². The Morgan fingerprint density at radius 3 is 2.22 bits per heavy atom. The second kappa shape index (κ2) is 13.1. The van der Waals surface area contributed by atoms with Crippen LogP contribution in [-0.4, -0.2) is 59.8 Å². The van der Waals surface area contributed by atoms with Crippen molar-refractivity contribution in [3.8, 4) is 28.6 Å². The minimum atomic E-state index is -0.533. The summed E-state index contributed by atoms with van der Waals surface area (Å²) in [6.45, 7) is 2.20. The van der Waals surface area contributed by atoms with Gasteiger partial charge in [0.2, 0.25) is 5.88 Å². The highest BCUT2D eigenvalue weighted by Gasteiger charge is 2.24. The average molecular weight is 502 g/mol. The van der Waals surface area contributed by atoms with Crippen molar-refractivity contribution in [1.82, 2.24) is 14.7 Å². The van der Waals surface area contributed by atoms with E-state index in [0.29, 0.717) is 50.0 Å². The number of para-hydroxylation sites is 2.